The lowest BCUT2D eigenvalue weighted by molar-refractivity contribution is -0.138. The number of amides is 3. The number of primary amides is 1. The molecule has 8 nitrogen and oxygen atoms in total. The van der Waals surface area contributed by atoms with Gasteiger partial charge in [0.2, 0.25) is 11.8 Å². The van der Waals surface area contributed by atoms with E-state index in [1.54, 1.807) is 22.7 Å². The minimum atomic E-state index is -0.618. The Balaban J connectivity index is 2.01. The normalized spacial score (nSPS) is 17.9. The maximum absolute atomic E-state index is 12.9. The summed E-state index contributed by atoms with van der Waals surface area (Å²) in [6.07, 6.45) is 5.44. The van der Waals surface area contributed by atoms with Gasteiger partial charge < -0.3 is 20.7 Å². The van der Waals surface area contributed by atoms with Crippen LogP contribution in [0.4, 0.5) is 0 Å². The molecule has 2 atom stereocenters. The first-order valence-electron chi connectivity index (χ1n) is 8.88. The summed E-state index contributed by atoms with van der Waals surface area (Å²) in [5.41, 5.74) is 5.38. The molecule has 3 amide bonds. The van der Waals surface area contributed by atoms with E-state index < -0.39 is 11.9 Å². The Hall–Kier alpha value is -2.29. The van der Waals surface area contributed by atoms with E-state index in [-0.39, 0.29) is 23.6 Å². The zero-order valence-electron chi connectivity index (χ0n) is 15.6. The highest BCUT2D eigenvalue weighted by molar-refractivity contribution is 7.98. The topological polar surface area (TPSA) is 115 Å². The first kappa shape index (κ1) is 21.0. The number of hydrogen-bond acceptors (Lipinski definition) is 6. The molecule has 1 aromatic heterocycles. The number of hydrogen-bond donors (Lipinski definition) is 2. The Bertz CT molecular complexity index is 685. The number of piperidine rings is 1. The van der Waals surface area contributed by atoms with Crippen LogP contribution < -0.4 is 15.8 Å². The molecule has 0 spiro atoms. The van der Waals surface area contributed by atoms with Crippen LogP contribution in [-0.2, 0) is 9.59 Å². The summed E-state index contributed by atoms with van der Waals surface area (Å²) in [5.74, 6) is 0.374. The number of nitrogens with zero attached hydrogens (tertiary/aromatic N) is 2. The summed E-state index contributed by atoms with van der Waals surface area (Å²) < 4.78 is 5.94. The molecule has 2 heterocycles. The van der Waals surface area contributed by atoms with Crippen LogP contribution in [-0.4, -0.2) is 64.8 Å². The van der Waals surface area contributed by atoms with Crippen LogP contribution in [0.5, 0.6) is 5.75 Å². The first-order valence-corrected chi connectivity index (χ1v) is 10.3. The number of nitrogens with two attached hydrogens (primary N) is 1. The van der Waals surface area contributed by atoms with Crippen molar-refractivity contribution in [1.29, 1.82) is 0 Å². The maximum atomic E-state index is 12.9. The molecule has 27 heavy (non-hydrogen) atoms. The number of carbonyl (C=O) groups is 3. The van der Waals surface area contributed by atoms with Gasteiger partial charge in [-0.3, -0.25) is 19.4 Å². The average Bonchev–Trinajstić information content (AvgIpc) is 2.64. The van der Waals surface area contributed by atoms with Gasteiger partial charge in [-0.25, -0.2) is 0 Å². The zero-order valence-corrected chi connectivity index (χ0v) is 16.5. The Morgan fingerprint density at radius 1 is 1.48 bits per heavy atom. The van der Waals surface area contributed by atoms with Crippen molar-refractivity contribution in [3.05, 3.63) is 24.0 Å². The van der Waals surface area contributed by atoms with Gasteiger partial charge in [0.25, 0.3) is 5.91 Å². The van der Waals surface area contributed by atoms with Gasteiger partial charge in [-0.15, -0.1) is 0 Å². The number of likely N-dealkylation sites (tertiary alicyclic amines) is 1. The smallest absolute Gasteiger partial charge is 0.267 e. The van der Waals surface area contributed by atoms with Gasteiger partial charge in [-0.05, 0) is 37.3 Å². The van der Waals surface area contributed by atoms with Gasteiger partial charge in [0, 0.05) is 25.7 Å². The van der Waals surface area contributed by atoms with Crippen molar-refractivity contribution in [3.63, 3.8) is 0 Å². The molecule has 1 saturated heterocycles. The molecular formula is C18H26N4O4S. The van der Waals surface area contributed by atoms with Crippen molar-refractivity contribution in [3.8, 4) is 5.75 Å². The monoisotopic (exact) mass is 394 g/mol. The van der Waals surface area contributed by atoms with Crippen LogP contribution in [0.25, 0.3) is 0 Å². The Morgan fingerprint density at radius 3 is 2.93 bits per heavy atom. The number of aromatic nitrogens is 1. The van der Waals surface area contributed by atoms with Crippen molar-refractivity contribution < 1.29 is 19.1 Å². The van der Waals surface area contributed by atoms with Crippen LogP contribution in [0.3, 0.4) is 0 Å². The molecule has 3 N–H and O–H groups in total. The predicted molar refractivity (Wildman–Crippen MR) is 104 cm³/mol. The molecule has 1 aliphatic rings. The molecule has 148 valence electrons. The van der Waals surface area contributed by atoms with E-state index in [2.05, 4.69) is 10.3 Å². The third kappa shape index (κ3) is 6.42. The third-order valence-corrected chi connectivity index (χ3v) is 4.91. The molecule has 0 saturated carbocycles. The molecule has 0 aromatic carbocycles. The number of nitrogens with one attached hydrogen (secondary N) is 1. The van der Waals surface area contributed by atoms with Crippen LogP contribution in [0.15, 0.2) is 18.3 Å². The lowest BCUT2D eigenvalue weighted by Gasteiger charge is -2.35. The fourth-order valence-electron chi connectivity index (χ4n) is 3.01. The van der Waals surface area contributed by atoms with Gasteiger partial charge >= 0.3 is 0 Å². The first-order chi connectivity index (χ1) is 12.9. The van der Waals surface area contributed by atoms with Crippen molar-refractivity contribution in [2.45, 2.75) is 38.3 Å². The fourth-order valence-corrected chi connectivity index (χ4v) is 3.48. The largest absolute Gasteiger partial charge is 0.488 e. The maximum Gasteiger partial charge on any atom is 0.267 e. The van der Waals surface area contributed by atoms with Crippen molar-refractivity contribution in [1.82, 2.24) is 15.2 Å². The summed E-state index contributed by atoms with van der Waals surface area (Å²) in [5, 5.41) is 2.75. The van der Waals surface area contributed by atoms with Crippen molar-refractivity contribution in [2.24, 2.45) is 5.73 Å². The second-order valence-corrected chi connectivity index (χ2v) is 7.43. The standard InChI is InChI=1S/C18H26N4O4S/c1-12(23)21-15(6-9-27-2)18(25)22-8-3-4-14(11-22)26-13-5-7-20-16(10-13)17(19)24/h5,7,10,14-15H,3-4,6,8-9,11H2,1-2H3,(H2,19,24)(H,21,23). The van der Waals surface area contributed by atoms with Gasteiger partial charge in [-0.1, -0.05) is 0 Å². The van der Waals surface area contributed by atoms with Crippen LogP contribution in [0, 0.1) is 0 Å². The quantitative estimate of drug-likeness (QED) is 0.674. The molecule has 0 aliphatic carbocycles. The summed E-state index contributed by atoms with van der Waals surface area (Å²) in [6, 6.07) is 2.64. The van der Waals surface area contributed by atoms with Gasteiger partial charge in [0.15, 0.2) is 0 Å². The van der Waals surface area contributed by atoms with E-state index >= 15 is 0 Å². The van der Waals surface area contributed by atoms with Crippen LogP contribution >= 0.6 is 11.8 Å². The van der Waals surface area contributed by atoms with Crippen molar-refractivity contribution >= 4 is 29.5 Å². The van der Waals surface area contributed by atoms with Gasteiger partial charge in [-0.2, -0.15) is 11.8 Å². The highest BCUT2D eigenvalue weighted by Gasteiger charge is 2.30. The number of rotatable bonds is 8. The van der Waals surface area contributed by atoms with E-state index in [1.807, 2.05) is 6.26 Å². The molecule has 0 radical (unpaired) electrons. The SMILES string of the molecule is CSCCC(NC(C)=O)C(=O)N1CCCC(Oc2ccnc(C(N)=O)c2)C1. The van der Waals surface area contributed by atoms with E-state index in [0.717, 1.165) is 18.6 Å². The summed E-state index contributed by atoms with van der Waals surface area (Å²) in [6.45, 7) is 2.49. The summed E-state index contributed by atoms with van der Waals surface area (Å²) in [4.78, 5) is 41.2. The molecule has 1 fully saturated rings. The van der Waals surface area contributed by atoms with E-state index in [0.29, 0.717) is 25.3 Å². The molecular weight excluding hydrogens is 368 g/mol. The lowest BCUT2D eigenvalue weighted by Crippen LogP contribution is -2.52. The average molecular weight is 394 g/mol. The molecule has 2 unspecified atom stereocenters. The minimum absolute atomic E-state index is 0.0832. The third-order valence-electron chi connectivity index (χ3n) is 4.26. The summed E-state index contributed by atoms with van der Waals surface area (Å²) in [7, 11) is 0. The molecule has 1 aliphatic heterocycles. The predicted octanol–water partition coefficient (Wildman–Crippen LogP) is 0.808. The number of ether oxygens (including phenoxy) is 1. The Kier molecular flexibility index (Phi) is 7.90. The summed E-state index contributed by atoms with van der Waals surface area (Å²) >= 11 is 1.64. The van der Waals surface area contributed by atoms with E-state index in [4.69, 9.17) is 10.5 Å². The van der Waals surface area contributed by atoms with Crippen LogP contribution in [0.2, 0.25) is 0 Å². The fraction of sp³-hybridized carbons (Fsp3) is 0.556. The number of carbonyl (C=O) groups excluding carboxylic acids is 3. The number of pyridine rings is 1. The van der Waals surface area contributed by atoms with E-state index in [9.17, 15) is 14.4 Å². The zero-order chi connectivity index (χ0) is 19.8. The van der Waals surface area contributed by atoms with Gasteiger partial charge in [0.1, 0.15) is 23.6 Å². The second kappa shape index (κ2) is 10.1. The van der Waals surface area contributed by atoms with Gasteiger partial charge in [0.05, 0.1) is 6.54 Å². The highest BCUT2D eigenvalue weighted by atomic mass is 32.2. The minimum Gasteiger partial charge on any atom is -0.488 e. The number of thioether (sulfide) groups is 1. The molecule has 9 heteroatoms. The molecule has 1 aromatic rings. The van der Waals surface area contributed by atoms with Crippen LogP contribution in [0.1, 0.15) is 36.7 Å². The second-order valence-electron chi connectivity index (χ2n) is 6.44. The molecule has 2 rings (SSSR count). The van der Waals surface area contributed by atoms with E-state index in [1.165, 1.54) is 19.2 Å². The van der Waals surface area contributed by atoms with Crippen molar-refractivity contribution in [2.75, 3.05) is 25.1 Å². The highest BCUT2D eigenvalue weighted by Crippen LogP contribution is 2.20. The lowest BCUT2D eigenvalue weighted by atomic mass is 10.1. The Labute approximate surface area is 163 Å². The molecule has 0 bridgehead atoms. The Morgan fingerprint density at radius 2 is 2.26 bits per heavy atom.